The van der Waals surface area contributed by atoms with Crippen molar-refractivity contribution >= 4 is 23.3 Å². The van der Waals surface area contributed by atoms with Crippen LogP contribution in [0.2, 0.25) is 5.02 Å². The van der Waals surface area contributed by atoms with Crippen LogP contribution in [0.5, 0.6) is 0 Å². The standard InChI is InChI=1S/C15H25ClN4O/c1-5-11(3)20(4)8-7-18-15(21)12-9-13(16)14(17-6-2)19-10-12/h9-11H,5-8H2,1-4H3,(H,17,19)(H,18,21). The maximum atomic E-state index is 12.0. The van der Waals surface area contributed by atoms with Crippen LogP contribution in [-0.4, -0.2) is 48.5 Å². The second-order valence-electron chi connectivity index (χ2n) is 5.08. The van der Waals surface area contributed by atoms with Gasteiger partial charge in [-0.15, -0.1) is 0 Å². The molecular formula is C15H25ClN4O. The number of likely N-dealkylation sites (N-methyl/N-ethyl adjacent to an activating group) is 1. The molecule has 1 amide bonds. The zero-order chi connectivity index (χ0) is 15.8. The van der Waals surface area contributed by atoms with Crippen molar-refractivity contribution in [3.8, 4) is 0 Å². The molecule has 118 valence electrons. The molecule has 0 saturated heterocycles. The van der Waals surface area contributed by atoms with Crippen molar-refractivity contribution in [2.45, 2.75) is 33.2 Å². The summed E-state index contributed by atoms with van der Waals surface area (Å²) in [4.78, 5) is 18.4. The summed E-state index contributed by atoms with van der Waals surface area (Å²) >= 11 is 6.08. The predicted octanol–water partition coefficient (Wildman–Crippen LogP) is 2.63. The Morgan fingerprint density at radius 1 is 1.48 bits per heavy atom. The van der Waals surface area contributed by atoms with Gasteiger partial charge in [-0.2, -0.15) is 0 Å². The minimum Gasteiger partial charge on any atom is -0.369 e. The lowest BCUT2D eigenvalue weighted by molar-refractivity contribution is 0.0947. The molecule has 0 fully saturated rings. The topological polar surface area (TPSA) is 57.3 Å². The summed E-state index contributed by atoms with van der Waals surface area (Å²) in [5.41, 5.74) is 0.479. The first-order chi connectivity index (χ1) is 9.99. The van der Waals surface area contributed by atoms with Gasteiger partial charge in [0.25, 0.3) is 5.91 Å². The highest BCUT2D eigenvalue weighted by Crippen LogP contribution is 2.19. The summed E-state index contributed by atoms with van der Waals surface area (Å²) in [7, 11) is 2.06. The van der Waals surface area contributed by atoms with Crippen molar-refractivity contribution in [1.82, 2.24) is 15.2 Å². The van der Waals surface area contributed by atoms with E-state index in [2.05, 4.69) is 41.4 Å². The maximum Gasteiger partial charge on any atom is 0.252 e. The molecule has 0 aliphatic heterocycles. The molecule has 1 heterocycles. The molecular weight excluding hydrogens is 288 g/mol. The molecule has 6 heteroatoms. The number of nitrogens with one attached hydrogen (secondary N) is 2. The second kappa shape index (κ2) is 8.85. The van der Waals surface area contributed by atoms with E-state index in [0.29, 0.717) is 29.0 Å². The van der Waals surface area contributed by atoms with E-state index in [1.165, 1.54) is 6.20 Å². The first-order valence-electron chi connectivity index (χ1n) is 7.37. The normalized spacial score (nSPS) is 12.3. The number of halogens is 1. The van der Waals surface area contributed by atoms with Crippen molar-refractivity contribution in [3.63, 3.8) is 0 Å². The second-order valence-corrected chi connectivity index (χ2v) is 5.49. The Kier molecular flexibility index (Phi) is 7.47. The summed E-state index contributed by atoms with van der Waals surface area (Å²) < 4.78 is 0. The third kappa shape index (κ3) is 5.52. The molecule has 1 aromatic rings. The lowest BCUT2D eigenvalue weighted by atomic mass is 10.2. The SMILES string of the molecule is CCNc1ncc(C(=O)NCCN(C)C(C)CC)cc1Cl. The van der Waals surface area contributed by atoms with E-state index in [0.717, 1.165) is 19.5 Å². The van der Waals surface area contributed by atoms with Crippen LogP contribution in [0.4, 0.5) is 5.82 Å². The van der Waals surface area contributed by atoms with Crippen molar-refractivity contribution in [3.05, 3.63) is 22.8 Å². The molecule has 1 unspecified atom stereocenters. The van der Waals surface area contributed by atoms with Crippen molar-refractivity contribution in [2.24, 2.45) is 0 Å². The van der Waals surface area contributed by atoms with E-state index in [1.807, 2.05) is 6.92 Å². The van der Waals surface area contributed by atoms with Gasteiger partial charge < -0.3 is 15.5 Å². The molecule has 1 rings (SSSR count). The zero-order valence-electron chi connectivity index (χ0n) is 13.2. The van der Waals surface area contributed by atoms with Crippen LogP contribution < -0.4 is 10.6 Å². The molecule has 1 atom stereocenters. The smallest absolute Gasteiger partial charge is 0.252 e. The number of hydrogen-bond acceptors (Lipinski definition) is 4. The molecule has 2 N–H and O–H groups in total. The monoisotopic (exact) mass is 312 g/mol. The van der Waals surface area contributed by atoms with Gasteiger partial charge >= 0.3 is 0 Å². The number of carbonyl (C=O) groups is 1. The highest BCUT2D eigenvalue weighted by Gasteiger charge is 2.11. The number of hydrogen-bond donors (Lipinski definition) is 2. The number of nitrogens with zero attached hydrogens (tertiary/aromatic N) is 2. The number of pyridine rings is 1. The molecule has 0 radical (unpaired) electrons. The number of aromatic nitrogens is 1. The van der Waals surface area contributed by atoms with Crippen molar-refractivity contribution < 1.29 is 4.79 Å². The summed E-state index contributed by atoms with van der Waals surface area (Å²) in [6, 6.07) is 2.15. The fourth-order valence-corrected chi connectivity index (χ4v) is 2.07. The first kappa shape index (κ1) is 17.7. The van der Waals surface area contributed by atoms with E-state index in [9.17, 15) is 4.79 Å². The number of rotatable bonds is 8. The molecule has 0 bridgehead atoms. The Labute approximate surface area is 132 Å². The van der Waals surface area contributed by atoms with Crippen molar-refractivity contribution in [2.75, 3.05) is 32.0 Å². The fraction of sp³-hybridized carbons (Fsp3) is 0.600. The van der Waals surface area contributed by atoms with E-state index in [-0.39, 0.29) is 5.91 Å². The first-order valence-corrected chi connectivity index (χ1v) is 7.75. The third-order valence-electron chi connectivity index (χ3n) is 3.54. The number of carbonyl (C=O) groups excluding carboxylic acids is 1. The minimum atomic E-state index is -0.148. The molecule has 5 nitrogen and oxygen atoms in total. The van der Waals surface area contributed by atoms with Gasteiger partial charge in [0.15, 0.2) is 0 Å². The van der Waals surface area contributed by atoms with Crippen LogP contribution in [-0.2, 0) is 0 Å². The van der Waals surface area contributed by atoms with Gasteiger partial charge in [-0.25, -0.2) is 4.98 Å². The molecule has 0 spiro atoms. The molecule has 21 heavy (non-hydrogen) atoms. The summed E-state index contributed by atoms with van der Waals surface area (Å²) in [6.45, 7) is 8.44. The Hall–Kier alpha value is -1.33. The van der Waals surface area contributed by atoms with Gasteiger partial charge in [-0.1, -0.05) is 18.5 Å². The Morgan fingerprint density at radius 2 is 2.19 bits per heavy atom. The van der Waals surface area contributed by atoms with Crippen LogP contribution in [0, 0.1) is 0 Å². The lowest BCUT2D eigenvalue weighted by Gasteiger charge is -2.23. The van der Waals surface area contributed by atoms with E-state index < -0.39 is 0 Å². The summed E-state index contributed by atoms with van der Waals surface area (Å²) in [5.74, 6) is 0.456. The van der Waals surface area contributed by atoms with Gasteiger partial charge in [0.2, 0.25) is 0 Å². The summed E-state index contributed by atoms with van der Waals surface area (Å²) in [6.07, 6.45) is 2.63. The Balaban J connectivity index is 2.51. The minimum absolute atomic E-state index is 0.148. The molecule has 0 saturated carbocycles. The Morgan fingerprint density at radius 3 is 2.76 bits per heavy atom. The number of amides is 1. The van der Waals surface area contributed by atoms with E-state index in [1.54, 1.807) is 6.07 Å². The van der Waals surface area contributed by atoms with Gasteiger partial charge in [-0.05, 0) is 33.4 Å². The highest BCUT2D eigenvalue weighted by atomic mass is 35.5. The van der Waals surface area contributed by atoms with Crippen LogP contribution >= 0.6 is 11.6 Å². The molecule has 0 aromatic carbocycles. The Bertz CT molecular complexity index is 467. The van der Waals surface area contributed by atoms with Gasteiger partial charge in [0, 0.05) is 31.9 Å². The van der Waals surface area contributed by atoms with Gasteiger partial charge in [0.05, 0.1) is 10.6 Å². The lowest BCUT2D eigenvalue weighted by Crippen LogP contribution is -2.37. The maximum absolute atomic E-state index is 12.0. The molecule has 0 aliphatic carbocycles. The zero-order valence-corrected chi connectivity index (χ0v) is 14.0. The van der Waals surface area contributed by atoms with Crippen molar-refractivity contribution in [1.29, 1.82) is 0 Å². The third-order valence-corrected chi connectivity index (χ3v) is 3.83. The van der Waals surface area contributed by atoms with Crippen LogP contribution in [0.3, 0.4) is 0 Å². The number of anilines is 1. The fourth-order valence-electron chi connectivity index (χ4n) is 1.84. The van der Waals surface area contributed by atoms with Crippen LogP contribution in [0.1, 0.15) is 37.6 Å². The molecule has 1 aromatic heterocycles. The van der Waals surface area contributed by atoms with Gasteiger partial charge in [-0.3, -0.25) is 4.79 Å². The quantitative estimate of drug-likeness (QED) is 0.775. The van der Waals surface area contributed by atoms with Gasteiger partial charge in [0.1, 0.15) is 5.82 Å². The van der Waals surface area contributed by atoms with Crippen LogP contribution in [0.25, 0.3) is 0 Å². The van der Waals surface area contributed by atoms with E-state index >= 15 is 0 Å². The average Bonchev–Trinajstić information content (AvgIpc) is 2.48. The largest absolute Gasteiger partial charge is 0.369 e. The van der Waals surface area contributed by atoms with Crippen LogP contribution in [0.15, 0.2) is 12.3 Å². The average molecular weight is 313 g/mol. The van der Waals surface area contributed by atoms with E-state index in [4.69, 9.17) is 11.6 Å². The summed E-state index contributed by atoms with van der Waals surface area (Å²) in [5, 5.41) is 6.38. The highest BCUT2D eigenvalue weighted by molar-refractivity contribution is 6.33. The predicted molar refractivity (Wildman–Crippen MR) is 88.1 cm³/mol. The molecule has 0 aliphatic rings.